The van der Waals surface area contributed by atoms with Crippen molar-refractivity contribution in [3.05, 3.63) is 35.6 Å². The largest absolute Gasteiger partial charge is 0.349 e. The van der Waals surface area contributed by atoms with Crippen LogP contribution in [0.4, 0.5) is 4.39 Å². The summed E-state index contributed by atoms with van der Waals surface area (Å²) >= 11 is 0. The van der Waals surface area contributed by atoms with Crippen molar-refractivity contribution in [3.8, 4) is 0 Å². The van der Waals surface area contributed by atoms with E-state index in [9.17, 15) is 17.6 Å². The number of halogens is 1. The number of carbonyl (C=O) groups excluding carboxylic acids is 1. The molecule has 1 aliphatic heterocycles. The Hall–Kier alpha value is -1.47. The van der Waals surface area contributed by atoms with E-state index in [-0.39, 0.29) is 30.2 Å². The molecule has 1 N–H and O–H groups in total. The standard InChI is InChI=1S/C15H21FN2O3S/c1-11(12-5-7-14(16)8-6-12)17-15(19)13-4-3-9-18(10-13)22(2,20)21/h5-8,11,13H,3-4,9-10H2,1-2H3,(H,17,19)/t11-,13-/m0/s1. The molecule has 0 unspecified atom stereocenters. The zero-order valence-electron chi connectivity index (χ0n) is 12.8. The number of nitrogens with zero attached hydrogens (tertiary/aromatic N) is 1. The van der Waals surface area contributed by atoms with E-state index in [0.717, 1.165) is 11.8 Å². The summed E-state index contributed by atoms with van der Waals surface area (Å²) in [6.45, 7) is 2.51. The minimum atomic E-state index is -3.27. The van der Waals surface area contributed by atoms with Gasteiger partial charge in [0, 0.05) is 13.1 Å². The van der Waals surface area contributed by atoms with Gasteiger partial charge in [0.2, 0.25) is 15.9 Å². The molecule has 1 aromatic rings. The number of hydrogen-bond donors (Lipinski definition) is 1. The van der Waals surface area contributed by atoms with E-state index in [2.05, 4.69) is 5.32 Å². The summed E-state index contributed by atoms with van der Waals surface area (Å²) in [5, 5.41) is 2.87. The highest BCUT2D eigenvalue weighted by Crippen LogP contribution is 2.20. The van der Waals surface area contributed by atoms with Gasteiger partial charge in [0.1, 0.15) is 5.82 Å². The highest BCUT2D eigenvalue weighted by molar-refractivity contribution is 7.88. The molecule has 0 saturated carbocycles. The van der Waals surface area contributed by atoms with Crippen LogP contribution in [0.15, 0.2) is 24.3 Å². The third-order valence-electron chi connectivity index (χ3n) is 3.95. The topological polar surface area (TPSA) is 66.5 Å². The molecule has 2 atom stereocenters. The SMILES string of the molecule is C[C@H](NC(=O)[C@H]1CCCN(S(C)(=O)=O)C1)c1ccc(F)cc1. The number of carbonyl (C=O) groups is 1. The number of sulfonamides is 1. The molecule has 5 nitrogen and oxygen atoms in total. The fourth-order valence-corrected chi connectivity index (χ4v) is 3.54. The van der Waals surface area contributed by atoms with E-state index in [4.69, 9.17) is 0 Å². The molecule has 122 valence electrons. The molecular formula is C15H21FN2O3S. The number of nitrogens with one attached hydrogen (secondary N) is 1. The summed E-state index contributed by atoms with van der Waals surface area (Å²) in [5.74, 6) is -0.824. The van der Waals surface area contributed by atoms with E-state index in [1.54, 1.807) is 12.1 Å². The van der Waals surface area contributed by atoms with E-state index in [1.165, 1.54) is 16.4 Å². The number of amides is 1. The maximum Gasteiger partial charge on any atom is 0.224 e. The Labute approximate surface area is 130 Å². The Balaban J connectivity index is 1.98. The Morgan fingerprint density at radius 3 is 2.59 bits per heavy atom. The van der Waals surface area contributed by atoms with Gasteiger partial charge < -0.3 is 5.32 Å². The first-order valence-electron chi connectivity index (χ1n) is 7.28. The second-order valence-electron chi connectivity index (χ2n) is 5.74. The van der Waals surface area contributed by atoms with Crippen LogP contribution in [0.5, 0.6) is 0 Å². The fourth-order valence-electron chi connectivity index (χ4n) is 2.62. The molecule has 7 heteroatoms. The lowest BCUT2D eigenvalue weighted by molar-refractivity contribution is -0.126. The number of rotatable bonds is 4. The second-order valence-corrected chi connectivity index (χ2v) is 7.72. The fraction of sp³-hybridized carbons (Fsp3) is 0.533. The van der Waals surface area contributed by atoms with Crippen LogP contribution in [0.25, 0.3) is 0 Å². The number of piperidine rings is 1. The van der Waals surface area contributed by atoms with Crippen molar-refractivity contribution < 1.29 is 17.6 Å². The van der Waals surface area contributed by atoms with Crippen molar-refractivity contribution in [3.63, 3.8) is 0 Å². The third-order valence-corrected chi connectivity index (χ3v) is 5.22. The average Bonchev–Trinajstić information content (AvgIpc) is 2.47. The predicted molar refractivity (Wildman–Crippen MR) is 82.1 cm³/mol. The average molecular weight is 328 g/mol. The Kier molecular flexibility index (Phi) is 5.18. The van der Waals surface area contributed by atoms with Crippen molar-refractivity contribution in [2.24, 2.45) is 5.92 Å². The van der Waals surface area contributed by atoms with Gasteiger partial charge in [-0.05, 0) is 37.5 Å². The van der Waals surface area contributed by atoms with Gasteiger partial charge in [-0.3, -0.25) is 4.79 Å². The van der Waals surface area contributed by atoms with Crippen molar-refractivity contribution in [2.45, 2.75) is 25.8 Å². The third kappa shape index (κ3) is 4.27. The number of benzene rings is 1. The zero-order valence-corrected chi connectivity index (χ0v) is 13.6. The van der Waals surface area contributed by atoms with Gasteiger partial charge >= 0.3 is 0 Å². The molecule has 1 fully saturated rings. The molecule has 1 saturated heterocycles. The summed E-state index contributed by atoms with van der Waals surface area (Å²) in [5.41, 5.74) is 0.811. The quantitative estimate of drug-likeness (QED) is 0.914. The summed E-state index contributed by atoms with van der Waals surface area (Å²) < 4.78 is 37.4. The van der Waals surface area contributed by atoms with Crippen molar-refractivity contribution in [2.75, 3.05) is 19.3 Å². The molecule has 1 heterocycles. The monoisotopic (exact) mass is 328 g/mol. The van der Waals surface area contributed by atoms with Gasteiger partial charge in [0.05, 0.1) is 18.2 Å². The lowest BCUT2D eigenvalue weighted by atomic mass is 9.98. The van der Waals surface area contributed by atoms with E-state index in [0.29, 0.717) is 19.4 Å². The van der Waals surface area contributed by atoms with E-state index >= 15 is 0 Å². The lowest BCUT2D eigenvalue weighted by Crippen LogP contribution is -2.45. The highest BCUT2D eigenvalue weighted by Gasteiger charge is 2.30. The van der Waals surface area contributed by atoms with Gasteiger partial charge in [0.15, 0.2) is 0 Å². The molecule has 0 spiro atoms. The predicted octanol–water partition coefficient (Wildman–Crippen LogP) is 1.67. The van der Waals surface area contributed by atoms with Gasteiger partial charge in [-0.2, -0.15) is 0 Å². The molecule has 22 heavy (non-hydrogen) atoms. The highest BCUT2D eigenvalue weighted by atomic mass is 32.2. The first-order chi connectivity index (χ1) is 10.3. The normalized spacial score (nSPS) is 21.3. The van der Waals surface area contributed by atoms with Crippen molar-refractivity contribution in [1.82, 2.24) is 9.62 Å². The molecule has 0 aliphatic carbocycles. The molecule has 0 bridgehead atoms. The zero-order chi connectivity index (χ0) is 16.3. The maximum atomic E-state index is 12.9. The summed E-state index contributed by atoms with van der Waals surface area (Å²) in [7, 11) is -3.27. The van der Waals surface area contributed by atoms with Crippen LogP contribution in [0, 0.1) is 11.7 Å². The number of hydrogen-bond acceptors (Lipinski definition) is 3. The summed E-state index contributed by atoms with van der Waals surface area (Å²) in [6.07, 6.45) is 2.51. The molecule has 1 aliphatic rings. The van der Waals surface area contributed by atoms with Crippen LogP contribution in [-0.2, 0) is 14.8 Å². The molecule has 1 amide bonds. The van der Waals surface area contributed by atoms with Crippen molar-refractivity contribution >= 4 is 15.9 Å². The Morgan fingerprint density at radius 1 is 1.36 bits per heavy atom. The first-order valence-corrected chi connectivity index (χ1v) is 9.13. The van der Waals surface area contributed by atoms with Crippen LogP contribution < -0.4 is 5.32 Å². The van der Waals surface area contributed by atoms with E-state index in [1.807, 2.05) is 6.92 Å². The van der Waals surface area contributed by atoms with E-state index < -0.39 is 10.0 Å². The molecular weight excluding hydrogens is 307 g/mol. The molecule has 1 aromatic carbocycles. The van der Waals surface area contributed by atoms with Crippen LogP contribution in [-0.4, -0.2) is 38.0 Å². The first kappa shape index (κ1) is 16.9. The van der Waals surface area contributed by atoms with Gasteiger partial charge in [-0.1, -0.05) is 12.1 Å². The minimum absolute atomic E-state index is 0.162. The Morgan fingerprint density at radius 2 is 2.00 bits per heavy atom. The molecule has 2 rings (SSSR count). The van der Waals surface area contributed by atoms with Crippen LogP contribution >= 0.6 is 0 Å². The lowest BCUT2D eigenvalue weighted by Gasteiger charge is -2.30. The Bertz CT molecular complexity index is 631. The van der Waals surface area contributed by atoms with Crippen LogP contribution in [0.3, 0.4) is 0 Å². The minimum Gasteiger partial charge on any atom is -0.349 e. The van der Waals surface area contributed by atoms with Gasteiger partial charge in [-0.15, -0.1) is 0 Å². The molecule has 0 radical (unpaired) electrons. The molecule has 0 aromatic heterocycles. The second kappa shape index (κ2) is 6.75. The van der Waals surface area contributed by atoms with Gasteiger partial charge in [0.25, 0.3) is 0 Å². The summed E-state index contributed by atoms with van der Waals surface area (Å²) in [6, 6.07) is 5.71. The van der Waals surface area contributed by atoms with Crippen LogP contribution in [0.1, 0.15) is 31.4 Å². The summed E-state index contributed by atoms with van der Waals surface area (Å²) in [4.78, 5) is 12.3. The van der Waals surface area contributed by atoms with Crippen LogP contribution in [0.2, 0.25) is 0 Å². The van der Waals surface area contributed by atoms with Gasteiger partial charge in [-0.25, -0.2) is 17.1 Å². The maximum absolute atomic E-state index is 12.9. The van der Waals surface area contributed by atoms with Crippen molar-refractivity contribution in [1.29, 1.82) is 0 Å². The smallest absolute Gasteiger partial charge is 0.224 e.